The number of hydrogen-bond donors (Lipinski definition) is 1. The highest BCUT2D eigenvalue weighted by Crippen LogP contribution is 2.40. The maximum absolute atomic E-state index is 12.4. The molecule has 1 aromatic rings. The molecule has 1 aromatic heterocycles. The number of fused-ring (bicyclic) bond motifs is 1. The molecule has 0 radical (unpaired) electrons. The van der Waals surface area contributed by atoms with Crippen LogP contribution in [-0.4, -0.2) is 17.0 Å². The molecule has 0 spiro atoms. The summed E-state index contributed by atoms with van der Waals surface area (Å²) in [6.45, 7) is 7.37. The fraction of sp³-hybridized carbons (Fsp3) is 0.500. The number of carbonyl (C=O) groups is 1. The Morgan fingerprint density at radius 2 is 2.41 bits per heavy atom. The molecule has 2 atom stereocenters. The zero-order valence-electron chi connectivity index (χ0n) is 10.3. The Hall–Kier alpha value is -1.35. The summed E-state index contributed by atoms with van der Waals surface area (Å²) in [6, 6.07) is 0. The second kappa shape index (κ2) is 4.15. The highest BCUT2D eigenvalue weighted by molar-refractivity contribution is 6.01. The molecular weight excluding hydrogens is 216 g/mol. The molecule has 3 heteroatoms. The standard InChI is InChI=1S/C14H18O3/c1-4-5-6-14(3)11(15)7-10-9(2)8-17-12(10)13(14)16/h4,8,11,15H,1,5-7H2,2-3H3. The molecule has 17 heavy (non-hydrogen) atoms. The Kier molecular flexibility index (Phi) is 2.96. The number of furan rings is 1. The van der Waals surface area contributed by atoms with Gasteiger partial charge >= 0.3 is 0 Å². The average molecular weight is 234 g/mol. The van der Waals surface area contributed by atoms with Crippen LogP contribution in [0.4, 0.5) is 0 Å². The van der Waals surface area contributed by atoms with Gasteiger partial charge in [0.1, 0.15) is 0 Å². The van der Waals surface area contributed by atoms with Crippen LogP contribution < -0.4 is 0 Å². The highest BCUT2D eigenvalue weighted by Gasteiger charge is 2.46. The number of aryl methyl sites for hydroxylation is 1. The molecule has 0 saturated carbocycles. The summed E-state index contributed by atoms with van der Waals surface area (Å²) >= 11 is 0. The van der Waals surface area contributed by atoms with Gasteiger partial charge in [0.2, 0.25) is 5.78 Å². The second-order valence-electron chi connectivity index (χ2n) is 5.02. The van der Waals surface area contributed by atoms with E-state index in [1.165, 1.54) is 0 Å². The highest BCUT2D eigenvalue weighted by atomic mass is 16.3. The molecule has 1 N–H and O–H groups in total. The van der Waals surface area contributed by atoms with Crippen molar-refractivity contribution in [2.75, 3.05) is 0 Å². The molecule has 0 aliphatic heterocycles. The van der Waals surface area contributed by atoms with Crippen LogP contribution in [-0.2, 0) is 6.42 Å². The average Bonchev–Trinajstić information content (AvgIpc) is 2.66. The predicted octanol–water partition coefficient (Wildman–Crippen LogP) is 2.66. The van der Waals surface area contributed by atoms with Gasteiger partial charge in [-0.2, -0.15) is 0 Å². The Bertz CT molecular complexity index is 458. The van der Waals surface area contributed by atoms with Gasteiger partial charge < -0.3 is 9.52 Å². The molecule has 0 fully saturated rings. The lowest BCUT2D eigenvalue weighted by Gasteiger charge is -2.36. The molecule has 2 unspecified atom stereocenters. The first-order valence-electron chi connectivity index (χ1n) is 5.91. The van der Waals surface area contributed by atoms with Crippen LogP contribution in [0.1, 0.15) is 41.4 Å². The SMILES string of the molecule is C=CCCC1(C)C(=O)c2occ(C)c2CC1O. The van der Waals surface area contributed by atoms with E-state index < -0.39 is 11.5 Å². The minimum absolute atomic E-state index is 0.0822. The zero-order chi connectivity index (χ0) is 12.6. The fourth-order valence-electron chi connectivity index (χ4n) is 2.42. The normalized spacial score (nSPS) is 27.9. The van der Waals surface area contributed by atoms with E-state index >= 15 is 0 Å². The van der Waals surface area contributed by atoms with Crippen LogP contribution in [0.25, 0.3) is 0 Å². The minimum Gasteiger partial charge on any atom is -0.461 e. The van der Waals surface area contributed by atoms with E-state index in [9.17, 15) is 9.90 Å². The van der Waals surface area contributed by atoms with Crippen LogP contribution in [0, 0.1) is 12.3 Å². The quantitative estimate of drug-likeness (QED) is 0.818. The Labute approximate surface area is 101 Å². The number of ketones is 1. The van der Waals surface area contributed by atoms with Crippen molar-refractivity contribution in [2.45, 2.75) is 39.2 Å². The summed E-state index contributed by atoms with van der Waals surface area (Å²) in [5.41, 5.74) is 1.06. The van der Waals surface area contributed by atoms with Gasteiger partial charge in [-0.15, -0.1) is 6.58 Å². The Morgan fingerprint density at radius 3 is 3.06 bits per heavy atom. The van der Waals surface area contributed by atoms with Crippen molar-refractivity contribution >= 4 is 5.78 Å². The van der Waals surface area contributed by atoms with Crippen LogP contribution in [0.2, 0.25) is 0 Å². The van der Waals surface area contributed by atoms with E-state index in [-0.39, 0.29) is 5.78 Å². The lowest BCUT2D eigenvalue weighted by molar-refractivity contribution is 0.0208. The molecule has 1 aliphatic carbocycles. The summed E-state index contributed by atoms with van der Waals surface area (Å²) in [5.74, 6) is 0.348. The number of hydrogen-bond acceptors (Lipinski definition) is 3. The van der Waals surface area contributed by atoms with Gasteiger partial charge in [-0.05, 0) is 32.3 Å². The molecule has 2 rings (SSSR count). The van der Waals surface area contributed by atoms with Crippen LogP contribution in [0.15, 0.2) is 23.3 Å². The molecule has 0 amide bonds. The summed E-state index contributed by atoms with van der Waals surface area (Å²) in [5, 5.41) is 10.2. The van der Waals surface area contributed by atoms with Crippen molar-refractivity contribution in [1.29, 1.82) is 0 Å². The summed E-state index contributed by atoms with van der Waals surface area (Å²) < 4.78 is 5.34. The lowest BCUT2D eigenvalue weighted by atomic mass is 9.69. The van der Waals surface area contributed by atoms with Crippen LogP contribution in [0.3, 0.4) is 0 Å². The maximum atomic E-state index is 12.4. The Balaban J connectivity index is 2.39. The van der Waals surface area contributed by atoms with E-state index in [1.807, 2.05) is 13.8 Å². The molecule has 1 heterocycles. The smallest absolute Gasteiger partial charge is 0.206 e. The number of rotatable bonds is 3. The third-order valence-corrected chi connectivity index (χ3v) is 3.83. The minimum atomic E-state index is -0.745. The van der Waals surface area contributed by atoms with E-state index in [0.29, 0.717) is 25.0 Å². The summed E-state index contributed by atoms with van der Waals surface area (Å²) in [4.78, 5) is 12.4. The molecule has 3 nitrogen and oxygen atoms in total. The van der Waals surface area contributed by atoms with Crippen molar-refractivity contribution in [3.8, 4) is 0 Å². The number of carbonyl (C=O) groups excluding carboxylic acids is 1. The predicted molar refractivity (Wildman–Crippen MR) is 65.0 cm³/mol. The monoisotopic (exact) mass is 234 g/mol. The zero-order valence-corrected chi connectivity index (χ0v) is 10.3. The van der Waals surface area contributed by atoms with Crippen molar-refractivity contribution in [2.24, 2.45) is 5.41 Å². The third kappa shape index (κ3) is 1.75. The fourth-order valence-corrected chi connectivity index (χ4v) is 2.42. The van der Waals surface area contributed by atoms with E-state index in [0.717, 1.165) is 11.1 Å². The third-order valence-electron chi connectivity index (χ3n) is 3.83. The van der Waals surface area contributed by atoms with Crippen molar-refractivity contribution in [1.82, 2.24) is 0 Å². The van der Waals surface area contributed by atoms with E-state index in [2.05, 4.69) is 6.58 Å². The first-order chi connectivity index (χ1) is 8.00. The number of aliphatic hydroxyl groups is 1. The largest absolute Gasteiger partial charge is 0.461 e. The molecular formula is C14H18O3. The number of Topliss-reactive ketones (excluding diaryl/α,β-unsaturated/α-hetero) is 1. The Morgan fingerprint density at radius 1 is 1.71 bits per heavy atom. The molecule has 0 saturated heterocycles. The van der Waals surface area contributed by atoms with Gasteiger partial charge in [0.05, 0.1) is 17.8 Å². The molecule has 0 bridgehead atoms. The second-order valence-corrected chi connectivity index (χ2v) is 5.02. The lowest BCUT2D eigenvalue weighted by Crippen LogP contribution is -2.45. The van der Waals surface area contributed by atoms with E-state index in [4.69, 9.17) is 4.42 Å². The van der Waals surface area contributed by atoms with Crippen LogP contribution >= 0.6 is 0 Å². The van der Waals surface area contributed by atoms with Gasteiger partial charge in [-0.3, -0.25) is 4.79 Å². The van der Waals surface area contributed by atoms with Gasteiger partial charge in [0.15, 0.2) is 5.76 Å². The van der Waals surface area contributed by atoms with Gasteiger partial charge in [-0.25, -0.2) is 0 Å². The molecule has 0 aromatic carbocycles. The maximum Gasteiger partial charge on any atom is 0.206 e. The van der Waals surface area contributed by atoms with Crippen molar-refractivity contribution in [3.05, 3.63) is 35.8 Å². The van der Waals surface area contributed by atoms with Crippen molar-refractivity contribution < 1.29 is 14.3 Å². The van der Waals surface area contributed by atoms with Gasteiger partial charge in [0.25, 0.3) is 0 Å². The van der Waals surface area contributed by atoms with Crippen LogP contribution in [0.5, 0.6) is 0 Å². The first-order valence-corrected chi connectivity index (χ1v) is 5.91. The summed E-state index contributed by atoms with van der Waals surface area (Å²) in [7, 11) is 0. The number of aliphatic hydroxyl groups excluding tert-OH is 1. The van der Waals surface area contributed by atoms with Crippen molar-refractivity contribution in [3.63, 3.8) is 0 Å². The molecule has 1 aliphatic rings. The van der Waals surface area contributed by atoms with Gasteiger partial charge in [0, 0.05) is 12.0 Å². The van der Waals surface area contributed by atoms with E-state index in [1.54, 1.807) is 12.3 Å². The number of allylic oxidation sites excluding steroid dienone is 1. The topological polar surface area (TPSA) is 50.4 Å². The first kappa shape index (κ1) is 12.1. The summed E-state index contributed by atoms with van der Waals surface area (Å²) in [6.07, 6.45) is 4.54. The van der Waals surface area contributed by atoms with Gasteiger partial charge in [-0.1, -0.05) is 6.08 Å². The molecule has 92 valence electrons.